The van der Waals surface area contributed by atoms with Gasteiger partial charge in [-0.1, -0.05) is 30.3 Å². The summed E-state index contributed by atoms with van der Waals surface area (Å²) in [6.45, 7) is -0.761. The minimum atomic E-state index is -4.98. The molecule has 0 saturated heterocycles. The van der Waals surface area contributed by atoms with Crippen LogP contribution in [0.2, 0.25) is 0 Å². The number of aryl methyl sites for hydroxylation is 1. The Morgan fingerprint density at radius 1 is 0.935 bits per heavy atom. The third-order valence-electron chi connectivity index (χ3n) is 3.64. The van der Waals surface area contributed by atoms with Gasteiger partial charge in [-0.15, -0.1) is 0 Å². The smallest absolute Gasteiger partial charge is 0.766 e. The first-order valence-corrected chi connectivity index (χ1v) is 9.54. The van der Waals surface area contributed by atoms with Crippen LogP contribution in [-0.2, 0) is 29.9 Å². The number of carboxylic acids is 3. The van der Waals surface area contributed by atoms with E-state index in [0.29, 0.717) is 6.42 Å². The predicted molar refractivity (Wildman–Crippen MR) is 83.0 cm³/mol. The monoisotopic (exact) mass is 555 g/mol. The minimum absolute atomic E-state index is 0. The Hall–Kier alpha value is 4.29. The number of carbonyl (C=O) groups excluding carboxylic acids is 3. The molecule has 0 amide bonds. The van der Waals surface area contributed by atoms with Crippen molar-refractivity contribution in [1.82, 2.24) is 5.09 Å². The minimum Gasteiger partial charge on any atom is -0.766 e. The van der Waals surface area contributed by atoms with Crippen LogP contribution in [-0.4, -0.2) is 30.6 Å². The third kappa shape index (κ3) is 21.0. The first kappa shape index (κ1) is 42.4. The summed E-state index contributed by atoms with van der Waals surface area (Å²) >= 11 is 0. The van der Waals surface area contributed by atoms with Crippen molar-refractivity contribution in [2.24, 2.45) is 5.92 Å². The van der Waals surface area contributed by atoms with E-state index >= 15 is 0 Å². The molecule has 0 aliphatic rings. The summed E-state index contributed by atoms with van der Waals surface area (Å²) < 4.78 is 16.4. The maximum absolute atomic E-state index is 11.8. The van der Waals surface area contributed by atoms with E-state index in [4.69, 9.17) is 0 Å². The van der Waals surface area contributed by atoms with Crippen LogP contribution in [0.25, 0.3) is 0 Å². The van der Waals surface area contributed by atoms with Crippen LogP contribution in [0.3, 0.4) is 0 Å². The van der Waals surface area contributed by atoms with E-state index in [9.17, 15) is 39.2 Å². The van der Waals surface area contributed by atoms with Gasteiger partial charge in [-0.25, -0.2) is 5.09 Å². The fourth-order valence-corrected chi connectivity index (χ4v) is 3.24. The second-order valence-corrected chi connectivity index (χ2v) is 7.26. The Balaban J connectivity index is -0.000000911. The normalized spacial score (nSPS) is 13.5. The van der Waals surface area contributed by atoms with Crippen molar-refractivity contribution < 1.29 is 249 Å². The number of hydrogen-bond donors (Lipinski definition) is 1. The molecule has 10 nitrogen and oxygen atoms in total. The standard InChI is InChI=1S/C16H22NO9P.4K/c18-14(19)9-8-13(16(22)23)17-27(24,25)26-10-12(15(20)21)7-6-11-4-2-1-3-5-11;;;;/h1-5,12-13H,6-10H2,(H,18,19)(H,20,21)(H,22,23)(H2,17,24,25);;;;/q;4*+1/p-4/t12?,13-;;;;/m0..../s1. The molecule has 31 heavy (non-hydrogen) atoms. The summed E-state index contributed by atoms with van der Waals surface area (Å²) in [5, 5.41) is 34.1. The van der Waals surface area contributed by atoms with Crippen molar-refractivity contribution >= 4 is 25.7 Å². The second kappa shape index (κ2) is 23.4. The van der Waals surface area contributed by atoms with E-state index in [2.05, 4.69) is 4.52 Å². The number of rotatable bonds is 13. The van der Waals surface area contributed by atoms with Crippen molar-refractivity contribution in [3.05, 3.63) is 35.9 Å². The third-order valence-corrected chi connectivity index (χ3v) is 4.76. The number of carboxylic acid groups (broad SMARTS) is 3. The summed E-state index contributed by atoms with van der Waals surface area (Å²) in [7, 11) is -4.98. The first-order chi connectivity index (χ1) is 12.6. The summed E-state index contributed by atoms with van der Waals surface area (Å²) in [5.41, 5.74) is 0.839. The molecule has 1 N–H and O–H groups in total. The number of hydrogen-bond acceptors (Lipinski definition) is 9. The van der Waals surface area contributed by atoms with E-state index < -0.39 is 57.1 Å². The fraction of sp³-hybridized carbons (Fsp3) is 0.438. The number of carbonyl (C=O) groups is 3. The van der Waals surface area contributed by atoms with Crippen molar-refractivity contribution in [3.63, 3.8) is 0 Å². The molecule has 0 spiro atoms. The van der Waals surface area contributed by atoms with Gasteiger partial charge in [-0.3, -0.25) is 4.57 Å². The predicted octanol–water partition coefficient (Wildman–Crippen LogP) is -15.3. The molecule has 150 valence electrons. The second-order valence-electron chi connectivity index (χ2n) is 5.74. The molecule has 0 fully saturated rings. The molecule has 0 bridgehead atoms. The zero-order valence-corrected chi connectivity index (χ0v) is 31.6. The van der Waals surface area contributed by atoms with Gasteiger partial charge in [0.15, 0.2) is 0 Å². The van der Waals surface area contributed by atoms with Gasteiger partial charge < -0.3 is 39.1 Å². The molecular weight excluding hydrogens is 538 g/mol. The Kier molecular flexibility index (Phi) is 32.0. The zero-order chi connectivity index (χ0) is 20.4. The van der Waals surface area contributed by atoms with E-state index in [0.717, 1.165) is 5.56 Å². The SMILES string of the molecule is O=C([O-])CC[C@H](NP(=O)([O-])OCC(CCc1ccccc1)C(=O)[O-])C(=O)[O-].[K+].[K+].[K+].[K+]. The van der Waals surface area contributed by atoms with Gasteiger partial charge in [0.05, 0.1) is 18.6 Å². The average Bonchev–Trinajstić information content (AvgIpc) is 2.58. The fourth-order valence-electron chi connectivity index (χ4n) is 2.17. The molecule has 0 aliphatic carbocycles. The van der Waals surface area contributed by atoms with Crippen LogP contribution in [0.4, 0.5) is 0 Å². The topological polar surface area (TPSA) is 182 Å². The Labute approximate surface area is 351 Å². The van der Waals surface area contributed by atoms with E-state index in [1.807, 2.05) is 0 Å². The van der Waals surface area contributed by atoms with Gasteiger partial charge >= 0.3 is 206 Å². The Bertz CT molecular complexity index is 712. The van der Waals surface area contributed by atoms with E-state index in [1.165, 1.54) is 0 Å². The van der Waals surface area contributed by atoms with Gasteiger partial charge in [0.2, 0.25) is 7.75 Å². The van der Waals surface area contributed by atoms with Gasteiger partial charge in [0.25, 0.3) is 0 Å². The molecule has 2 unspecified atom stereocenters. The van der Waals surface area contributed by atoms with Gasteiger partial charge in [-0.2, -0.15) is 0 Å². The summed E-state index contributed by atoms with van der Waals surface area (Å²) in [6, 6.07) is 7.02. The van der Waals surface area contributed by atoms with Crippen LogP contribution in [0, 0.1) is 5.92 Å². The average molecular weight is 556 g/mol. The maximum Gasteiger partial charge on any atom is 1.00 e. The van der Waals surface area contributed by atoms with Crippen LogP contribution < -0.4 is 231 Å². The zero-order valence-electron chi connectivity index (χ0n) is 18.2. The van der Waals surface area contributed by atoms with Crippen LogP contribution in [0.1, 0.15) is 24.8 Å². The molecule has 0 radical (unpaired) electrons. The number of benzene rings is 1. The molecule has 1 aromatic rings. The molecule has 0 aliphatic heterocycles. The Morgan fingerprint density at radius 3 is 1.94 bits per heavy atom. The van der Waals surface area contributed by atoms with Crippen molar-refractivity contribution in [2.75, 3.05) is 6.61 Å². The van der Waals surface area contributed by atoms with Crippen molar-refractivity contribution in [3.8, 4) is 0 Å². The van der Waals surface area contributed by atoms with Crippen LogP contribution in [0.15, 0.2) is 30.3 Å². The Morgan fingerprint density at radius 2 is 1.48 bits per heavy atom. The molecular formula is C16H18K4NO9P. The molecule has 1 rings (SSSR count). The van der Waals surface area contributed by atoms with E-state index in [-0.39, 0.29) is 212 Å². The van der Waals surface area contributed by atoms with Crippen molar-refractivity contribution in [1.29, 1.82) is 0 Å². The number of aliphatic carboxylic acids is 3. The maximum atomic E-state index is 11.8. The summed E-state index contributed by atoms with van der Waals surface area (Å²) in [5.74, 6) is -6.18. The summed E-state index contributed by atoms with van der Waals surface area (Å²) in [4.78, 5) is 44.2. The van der Waals surface area contributed by atoms with E-state index in [1.54, 1.807) is 35.4 Å². The largest absolute Gasteiger partial charge is 1.00 e. The summed E-state index contributed by atoms with van der Waals surface area (Å²) in [6.07, 6.45) is -0.948. The molecule has 0 heterocycles. The molecule has 15 heteroatoms. The molecule has 0 saturated carbocycles. The van der Waals surface area contributed by atoms with Crippen LogP contribution >= 0.6 is 7.75 Å². The molecule has 0 aromatic heterocycles. The quantitative estimate of drug-likeness (QED) is 0.181. The first-order valence-electron chi connectivity index (χ1n) is 7.99. The number of nitrogens with one attached hydrogen (secondary N) is 1. The van der Waals surface area contributed by atoms with Crippen molar-refractivity contribution in [2.45, 2.75) is 31.7 Å². The van der Waals surface area contributed by atoms with Crippen LogP contribution in [0.5, 0.6) is 0 Å². The van der Waals surface area contributed by atoms with Gasteiger partial charge in [0.1, 0.15) is 0 Å². The molecule has 3 atom stereocenters. The van der Waals surface area contributed by atoms with Gasteiger partial charge in [0, 0.05) is 17.9 Å². The molecule has 1 aromatic carbocycles. The van der Waals surface area contributed by atoms with Gasteiger partial charge in [-0.05, 0) is 31.2 Å².